The minimum absolute atomic E-state index is 0.292. The first-order chi connectivity index (χ1) is 33.5. The van der Waals surface area contributed by atoms with E-state index < -0.39 is 0 Å². The highest BCUT2D eigenvalue weighted by molar-refractivity contribution is 6.82. The van der Waals surface area contributed by atoms with Crippen molar-refractivity contribution in [3.63, 3.8) is 0 Å². The molecule has 5 aliphatic rings. The maximum absolute atomic E-state index is 3.12. The Morgan fingerprint density at radius 2 is 0.299 bits per heavy atom. The molecule has 0 saturated carbocycles. The molecule has 1 fully saturated rings. The normalized spacial score (nSPS) is 22.7. The average Bonchev–Trinajstić information content (AvgIpc) is 4.21. The highest BCUT2D eigenvalue weighted by atomic mass is 15.5. The van der Waals surface area contributed by atoms with Crippen LogP contribution in [0.5, 0.6) is 0 Å². The summed E-state index contributed by atoms with van der Waals surface area (Å²) in [6.07, 6.45) is 0. The van der Waals surface area contributed by atoms with Gasteiger partial charge < -0.3 is 4.90 Å². The molecule has 274 valence electrons. The van der Waals surface area contributed by atoms with E-state index in [0.717, 1.165) is 0 Å². The van der Waals surface area contributed by atoms with E-state index in [1.807, 2.05) is 0 Å². The molecular formula is C66H5N. The number of hydrogen-bond donors (Lipinski definition) is 0. The van der Waals surface area contributed by atoms with Crippen LogP contribution in [0.15, 0.2) is 30.3 Å². The molecule has 0 unspecified atom stereocenters. The molecule has 0 N–H and O–H groups in total. The van der Waals surface area contributed by atoms with Crippen LogP contribution >= 0.6 is 0 Å². The first-order valence-corrected chi connectivity index (χ1v) is 25.1. The summed E-state index contributed by atoms with van der Waals surface area (Å²) in [5.41, 5.74) is 7.74. The molecule has 2 spiro atoms. The van der Waals surface area contributed by atoms with Gasteiger partial charge in [-0.1, -0.05) is 18.2 Å². The Bertz CT molecular complexity index is 6700. The van der Waals surface area contributed by atoms with Gasteiger partial charge in [-0.15, -0.1) is 0 Å². The van der Waals surface area contributed by atoms with Crippen molar-refractivity contribution < 1.29 is 0 Å². The summed E-state index contributed by atoms with van der Waals surface area (Å²) in [5.74, 6) is 0. The van der Waals surface area contributed by atoms with Gasteiger partial charge in [0.05, 0.1) is 0 Å². The lowest BCUT2D eigenvalue weighted by Crippen LogP contribution is -2.27. The maximum atomic E-state index is 3.12. The zero-order valence-electron chi connectivity index (χ0n) is 33.8. The highest BCUT2D eigenvalue weighted by Crippen LogP contribution is 2.90. The lowest BCUT2D eigenvalue weighted by atomic mass is 9.68. The molecule has 1 heteroatoms. The van der Waals surface area contributed by atoms with E-state index in [-0.39, 0.29) is 11.1 Å². The molecule has 0 amide bonds. The third kappa shape index (κ3) is 1.18. The van der Waals surface area contributed by atoms with E-state index in [1.54, 1.807) is 313 Å². The van der Waals surface area contributed by atoms with Gasteiger partial charge in [0.15, 0.2) is 0 Å². The molecule has 0 atom stereocenters. The molecule has 1 saturated heterocycles. The van der Waals surface area contributed by atoms with Crippen molar-refractivity contribution in [3.8, 4) is 0 Å². The van der Waals surface area contributed by atoms with E-state index in [4.69, 9.17) is 0 Å². The highest BCUT2D eigenvalue weighted by Gasteiger charge is 2.86. The largest absolute Gasteiger partial charge is 0.338 e. The van der Waals surface area contributed by atoms with E-state index in [2.05, 4.69) is 35.2 Å². The Balaban J connectivity index is 1.22. The molecule has 29 aromatic carbocycles. The molecule has 1 heterocycles. The predicted octanol–water partition coefficient (Wildman–Crippen LogP) is 17.7. The monoisotopic (exact) mass is 811 g/mol. The molecule has 67 heavy (non-hydrogen) atoms. The Morgan fingerprint density at radius 1 is 0.164 bits per heavy atom. The Hall–Kier alpha value is -8.52. The van der Waals surface area contributed by atoms with Crippen LogP contribution in [0, 0.1) is 0 Å². The summed E-state index contributed by atoms with van der Waals surface area (Å²) in [4.78, 5) is 3.12. The molecular weight excluding hydrogens is 807 g/mol. The van der Waals surface area contributed by atoms with Gasteiger partial charge in [-0.2, -0.15) is 0 Å². The van der Waals surface area contributed by atoms with Gasteiger partial charge >= 0.3 is 0 Å². The van der Waals surface area contributed by atoms with Crippen molar-refractivity contribution in [1.29, 1.82) is 0 Å². The fourth-order valence-electron chi connectivity index (χ4n) is 24.9. The van der Waals surface area contributed by atoms with Crippen LogP contribution in [0.2, 0.25) is 0 Å². The lowest BCUT2D eigenvalue weighted by Gasteiger charge is -2.29. The molecule has 1 aliphatic heterocycles. The van der Waals surface area contributed by atoms with Crippen LogP contribution < -0.4 is 4.90 Å². The van der Waals surface area contributed by atoms with Crippen LogP contribution in [-0.2, 0) is 11.1 Å². The van der Waals surface area contributed by atoms with Crippen LogP contribution in [0.1, 0.15) is 22.3 Å². The predicted molar refractivity (Wildman–Crippen MR) is 283 cm³/mol. The number of anilines is 1. The zero-order valence-corrected chi connectivity index (χ0v) is 33.8. The Morgan fingerprint density at radius 3 is 0.448 bits per heavy atom. The second-order valence-electron chi connectivity index (χ2n) is 24.8. The molecule has 4 aliphatic carbocycles. The van der Waals surface area contributed by atoms with Crippen LogP contribution in [-0.4, -0.2) is 0 Å². The fourth-order valence-corrected chi connectivity index (χ4v) is 24.9. The Kier molecular flexibility index (Phi) is 1.82. The van der Waals surface area contributed by atoms with Crippen LogP contribution in [0.25, 0.3) is 291 Å². The SMILES string of the molecule is c1ccc(N2C34c5c6c7c8c9c%10c(c%11c%12c3c3c5c5c%13c6c6c7c7c9c9c%14c%10c%10c%11c%11c%12c%12c3c3c5c5c%13c%13c6c6c7c9c7c9c%14c%10c%10c%11c%11c%12c3c3c5c5c%13c6c7c6c9c%10c%11c3c56)C824)cc1. The van der Waals surface area contributed by atoms with Gasteiger partial charge in [0.2, 0.25) is 0 Å². The summed E-state index contributed by atoms with van der Waals surface area (Å²) < 4.78 is 0. The molecule has 0 radical (unpaired) electrons. The smallest absolute Gasteiger partial charge is 0.126 e. The van der Waals surface area contributed by atoms with Gasteiger partial charge in [-0.05, 0) is 303 Å². The van der Waals surface area contributed by atoms with Gasteiger partial charge in [0.1, 0.15) is 11.1 Å². The molecule has 1 nitrogen and oxygen atoms in total. The summed E-state index contributed by atoms with van der Waals surface area (Å²) in [5, 5.41) is 90.0. The standard InChI is InChI=1S/C66H5N/c1-2-4-6(5-3-1)67-65-61-53-45-35-25-17-9-7-8-11-15-13(9)21-29-23(15)33-27-19(11)20-12(8)16-14-10(7)18(17)26-32-22(14)30-24(16)34-28(20)38-37(27)47-41(33)51-43(29)49(39(45)31(21)25)57(61)59(51)63-55(47)56-48(38)42(34)52-44(30)50-40(32)46(36(26)35)54(53)62(65)58(50)60(52)64(56)66(63,65)67/h1-5H. The zero-order chi connectivity index (χ0) is 39.2. The first-order valence-electron chi connectivity index (χ1n) is 25.1. The molecule has 34 rings (SSSR count). The summed E-state index contributed by atoms with van der Waals surface area (Å²) in [7, 11) is 0. The van der Waals surface area contributed by atoms with E-state index in [9.17, 15) is 0 Å². The maximum Gasteiger partial charge on any atom is 0.126 e. The summed E-state index contributed by atoms with van der Waals surface area (Å²) >= 11 is 0. The van der Waals surface area contributed by atoms with Crippen molar-refractivity contribution in [2.45, 2.75) is 11.1 Å². The summed E-state index contributed by atoms with van der Waals surface area (Å²) in [6.45, 7) is 0. The number of para-hydroxylation sites is 1. The van der Waals surface area contributed by atoms with Gasteiger partial charge in [0, 0.05) is 27.9 Å². The third-order valence-electron chi connectivity index (χ3n) is 24.9. The first kappa shape index (κ1) is 23.6. The van der Waals surface area contributed by atoms with E-state index in [0.29, 0.717) is 0 Å². The van der Waals surface area contributed by atoms with E-state index >= 15 is 0 Å². The topological polar surface area (TPSA) is 3.01 Å². The van der Waals surface area contributed by atoms with Crippen molar-refractivity contribution in [1.82, 2.24) is 0 Å². The van der Waals surface area contributed by atoms with Crippen molar-refractivity contribution >= 4 is 297 Å². The van der Waals surface area contributed by atoms with Crippen LogP contribution in [0.4, 0.5) is 5.69 Å². The summed E-state index contributed by atoms with van der Waals surface area (Å²) in [6, 6.07) is 12.0. The Labute approximate surface area is 363 Å². The second kappa shape index (κ2) is 5.16. The van der Waals surface area contributed by atoms with Crippen molar-refractivity contribution in [3.05, 3.63) is 52.6 Å². The number of benzene rings is 19. The number of hydrogen-bond acceptors (Lipinski definition) is 1. The van der Waals surface area contributed by atoms with Crippen molar-refractivity contribution in [2.75, 3.05) is 4.90 Å². The van der Waals surface area contributed by atoms with Gasteiger partial charge in [-0.3, -0.25) is 0 Å². The third-order valence-corrected chi connectivity index (χ3v) is 24.9. The molecule has 0 bridgehead atoms. The second-order valence-corrected chi connectivity index (χ2v) is 24.8. The van der Waals surface area contributed by atoms with E-state index in [1.165, 1.54) is 5.69 Å². The lowest BCUT2D eigenvalue weighted by molar-refractivity contribution is 0.731. The number of rotatable bonds is 1. The molecule has 0 aromatic heterocycles. The van der Waals surface area contributed by atoms with Gasteiger partial charge in [0.25, 0.3) is 0 Å². The van der Waals surface area contributed by atoms with Crippen molar-refractivity contribution in [2.24, 2.45) is 0 Å². The van der Waals surface area contributed by atoms with Crippen LogP contribution in [0.3, 0.4) is 0 Å². The minimum Gasteiger partial charge on any atom is -0.338 e. The minimum atomic E-state index is -0.292. The fraction of sp³-hybridized carbons (Fsp3) is 0.0303. The quantitative estimate of drug-likeness (QED) is 0.118. The molecule has 29 aromatic rings. The average molecular weight is 812 g/mol. The van der Waals surface area contributed by atoms with Gasteiger partial charge in [-0.25, -0.2) is 0 Å². The number of nitrogens with zero attached hydrogens (tertiary/aromatic N) is 1.